The van der Waals surface area contributed by atoms with E-state index in [0.29, 0.717) is 48.4 Å². The van der Waals surface area contributed by atoms with Gasteiger partial charge in [0.15, 0.2) is 17.3 Å². The predicted molar refractivity (Wildman–Crippen MR) is 119 cm³/mol. The molecule has 0 radical (unpaired) electrons. The molecule has 5 rings (SSSR count). The summed E-state index contributed by atoms with van der Waals surface area (Å²) in [4.78, 5) is 19.1. The van der Waals surface area contributed by atoms with Crippen LogP contribution in [-0.4, -0.2) is 58.8 Å². The van der Waals surface area contributed by atoms with Gasteiger partial charge in [-0.15, -0.1) is 0 Å². The van der Waals surface area contributed by atoms with Crippen molar-refractivity contribution < 1.29 is 8.42 Å². The van der Waals surface area contributed by atoms with Gasteiger partial charge < -0.3 is 15.6 Å². The molecule has 1 aliphatic rings. The van der Waals surface area contributed by atoms with E-state index in [1.807, 2.05) is 29.2 Å². The number of anilines is 2. The summed E-state index contributed by atoms with van der Waals surface area (Å²) in [6.07, 6.45) is 1.61. The molecule has 2 aromatic heterocycles. The van der Waals surface area contributed by atoms with Crippen molar-refractivity contribution in [2.45, 2.75) is 4.90 Å². The van der Waals surface area contributed by atoms with Crippen molar-refractivity contribution >= 4 is 32.7 Å². The van der Waals surface area contributed by atoms with E-state index in [4.69, 9.17) is 5.73 Å². The molecule has 31 heavy (non-hydrogen) atoms. The zero-order valence-corrected chi connectivity index (χ0v) is 17.5. The molecule has 1 fully saturated rings. The van der Waals surface area contributed by atoms with Crippen LogP contribution >= 0.6 is 0 Å². The van der Waals surface area contributed by atoms with E-state index in [1.54, 1.807) is 36.5 Å². The van der Waals surface area contributed by atoms with Crippen LogP contribution in [0.1, 0.15) is 0 Å². The highest BCUT2D eigenvalue weighted by atomic mass is 32.2. The zero-order chi connectivity index (χ0) is 21.4. The monoisotopic (exact) mass is 435 g/mol. The standard InChI is InChI=1S/C21H21N7O2S/c22-20-19(21-24-16-8-4-5-9-17(16)25-21)26-18(14-23-20)27-10-12-28(13-11-27)31(29,30)15-6-2-1-3-7-15/h1-9,14H,10-13H2,(H2,22,23)(H,24,25). The van der Waals surface area contributed by atoms with Crippen LogP contribution in [0.25, 0.3) is 22.6 Å². The zero-order valence-electron chi connectivity index (χ0n) is 16.6. The summed E-state index contributed by atoms with van der Waals surface area (Å²) >= 11 is 0. The number of nitrogens with two attached hydrogens (primary N) is 1. The molecule has 0 spiro atoms. The van der Waals surface area contributed by atoms with E-state index in [9.17, 15) is 8.42 Å². The maximum atomic E-state index is 12.8. The first-order valence-corrected chi connectivity index (χ1v) is 11.3. The third kappa shape index (κ3) is 3.60. The van der Waals surface area contributed by atoms with Gasteiger partial charge in [0.1, 0.15) is 5.82 Å². The van der Waals surface area contributed by atoms with Crippen LogP contribution in [0, 0.1) is 0 Å². The van der Waals surface area contributed by atoms with E-state index in [2.05, 4.69) is 19.9 Å². The molecule has 2 aromatic carbocycles. The smallest absolute Gasteiger partial charge is 0.243 e. The number of fused-ring (bicyclic) bond motifs is 1. The number of nitrogens with zero attached hydrogens (tertiary/aromatic N) is 5. The number of nitrogen functional groups attached to an aromatic ring is 1. The lowest BCUT2D eigenvalue weighted by atomic mass is 10.3. The Labute approximate surface area is 179 Å². The summed E-state index contributed by atoms with van der Waals surface area (Å²) < 4.78 is 27.2. The second-order valence-electron chi connectivity index (χ2n) is 7.27. The Morgan fingerprint density at radius 3 is 2.35 bits per heavy atom. The quantitative estimate of drug-likeness (QED) is 0.503. The van der Waals surface area contributed by atoms with Crippen molar-refractivity contribution in [3.8, 4) is 11.5 Å². The number of sulfonamides is 1. The average molecular weight is 436 g/mol. The summed E-state index contributed by atoms with van der Waals surface area (Å²) in [7, 11) is -3.50. The number of imidazole rings is 1. The SMILES string of the molecule is Nc1ncc(N2CCN(S(=O)(=O)c3ccccc3)CC2)nc1-c1nc2ccccc2[nH]1. The summed E-state index contributed by atoms with van der Waals surface area (Å²) in [6.45, 7) is 1.74. The largest absolute Gasteiger partial charge is 0.382 e. The van der Waals surface area contributed by atoms with E-state index in [0.717, 1.165) is 11.0 Å². The van der Waals surface area contributed by atoms with Crippen molar-refractivity contribution in [2.75, 3.05) is 36.8 Å². The average Bonchev–Trinajstić information content (AvgIpc) is 3.24. The highest BCUT2D eigenvalue weighted by Crippen LogP contribution is 2.26. The van der Waals surface area contributed by atoms with Crippen LogP contribution < -0.4 is 10.6 Å². The molecule has 10 heteroatoms. The maximum absolute atomic E-state index is 12.8. The molecule has 1 aliphatic heterocycles. The van der Waals surface area contributed by atoms with E-state index in [1.165, 1.54) is 4.31 Å². The molecule has 0 unspecified atom stereocenters. The molecule has 4 aromatic rings. The molecule has 0 saturated carbocycles. The minimum Gasteiger partial charge on any atom is -0.382 e. The number of piperazine rings is 1. The number of para-hydroxylation sites is 2. The first-order valence-electron chi connectivity index (χ1n) is 9.90. The van der Waals surface area contributed by atoms with Crippen LogP contribution in [-0.2, 0) is 10.0 Å². The van der Waals surface area contributed by atoms with Crippen LogP contribution in [0.4, 0.5) is 11.6 Å². The first kappa shape index (κ1) is 19.5. The normalized spacial score (nSPS) is 15.4. The highest BCUT2D eigenvalue weighted by molar-refractivity contribution is 7.89. The van der Waals surface area contributed by atoms with Crippen molar-refractivity contribution in [1.82, 2.24) is 24.2 Å². The second-order valence-corrected chi connectivity index (χ2v) is 9.21. The van der Waals surface area contributed by atoms with Crippen LogP contribution in [0.15, 0.2) is 65.7 Å². The minimum atomic E-state index is -3.50. The molecule has 0 bridgehead atoms. The number of hydrogen-bond donors (Lipinski definition) is 2. The summed E-state index contributed by atoms with van der Waals surface area (Å²) in [5.41, 5.74) is 8.27. The maximum Gasteiger partial charge on any atom is 0.243 e. The Balaban J connectivity index is 1.37. The molecule has 3 heterocycles. The fraction of sp³-hybridized carbons (Fsp3) is 0.190. The van der Waals surface area contributed by atoms with Gasteiger partial charge in [-0.05, 0) is 24.3 Å². The van der Waals surface area contributed by atoms with Crippen LogP contribution in [0.2, 0.25) is 0 Å². The number of H-pyrrole nitrogens is 1. The highest BCUT2D eigenvalue weighted by Gasteiger charge is 2.29. The van der Waals surface area contributed by atoms with Gasteiger partial charge in [0.2, 0.25) is 10.0 Å². The van der Waals surface area contributed by atoms with Gasteiger partial charge in [-0.1, -0.05) is 30.3 Å². The molecule has 1 saturated heterocycles. The first-order chi connectivity index (χ1) is 15.0. The van der Waals surface area contributed by atoms with Crippen molar-refractivity contribution in [2.24, 2.45) is 0 Å². The van der Waals surface area contributed by atoms with Gasteiger partial charge in [-0.2, -0.15) is 4.31 Å². The number of aromatic amines is 1. The summed E-state index contributed by atoms with van der Waals surface area (Å²) in [5, 5.41) is 0. The van der Waals surface area contributed by atoms with Gasteiger partial charge in [0, 0.05) is 26.2 Å². The Morgan fingerprint density at radius 2 is 1.61 bits per heavy atom. The van der Waals surface area contributed by atoms with E-state index in [-0.39, 0.29) is 5.82 Å². The Morgan fingerprint density at radius 1 is 0.903 bits per heavy atom. The Kier molecular flexibility index (Phi) is 4.79. The third-order valence-electron chi connectivity index (χ3n) is 5.35. The Bertz CT molecular complexity index is 1300. The van der Waals surface area contributed by atoms with Gasteiger partial charge in [0.25, 0.3) is 0 Å². The molecule has 9 nitrogen and oxygen atoms in total. The van der Waals surface area contributed by atoms with Crippen molar-refractivity contribution in [3.63, 3.8) is 0 Å². The topological polar surface area (TPSA) is 121 Å². The van der Waals surface area contributed by atoms with Crippen LogP contribution in [0.3, 0.4) is 0 Å². The fourth-order valence-electron chi connectivity index (χ4n) is 3.68. The number of nitrogens with one attached hydrogen (secondary N) is 1. The fourth-order valence-corrected chi connectivity index (χ4v) is 5.12. The number of aromatic nitrogens is 4. The molecule has 3 N–H and O–H groups in total. The van der Waals surface area contributed by atoms with E-state index >= 15 is 0 Å². The Hall–Kier alpha value is -3.50. The van der Waals surface area contributed by atoms with Gasteiger partial charge in [-0.3, -0.25) is 0 Å². The second kappa shape index (κ2) is 7.64. The molecular weight excluding hydrogens is 414 g/mol. The lowest BCUT2D eigenvalue weighted by Crippen LogP contribution is -2.49. The third-order valence-corrected chi connectivity index (χ3v) is 7.26. The lowest BCUT2D eigenvalue weighted by Gasteiger charge is -2.34. The van der Waals surface area contributed by atoms with Gasteiger partial charge in [0.05, 0.1) is 22.1 Å². The predicted octanol–water partition coefficient (Wildman–Crippen LogP) is 2.11. The number of hydrogen-bond acceptors (Lipinski definition) is 7. The summed E-state index contributed by atoms with van der Waals surface area (Å²) in [6, 6.07) is 16.2. The van der Waals surface area contributed by atoms with Crippen molar-refractivity contribution in [1.29, 1.82) is 0 Å². The molecule has 0 aliphatic carbocycles. The van der Waals surface area contributed by atoms with Gasteiger partial charge >= 0.3 is 0 Å². The summed E-state index contributed by atoms with van der Waals surface area (Å²) in [5.74, 6) is 1.48. The van der Waals surface area contributed by atoms with E-state index < -0.39 is 10.0 Å². The van der Waals surface area contributed by atoms with Crippen LogP contribution in [0.5, 0.6) is 0 Å². The number of benzene rings is 2. The molecule has 0 amide bonds. The van der Waals surface area contributed by atoms with Crippen molar-refractivity contribution in [3.05, 3.63) is 60.8 Å². The lowest BCUT2D eigenvalue weighted by molar-refractivity contribution is 0.383. The molecular formula is C21H21N7O2S. The number of rotatable bonds is 4. The molecule has 0 atom stereocenters. The minimum absolute atomic E-state index is 0.285. The van der Waals surface area contributed by atoms with Gasteiger partial charge in [-0.25, -0.2) is 23.4 Å². The molecule has 158 valence electrons.